The van der Waals surface area contributed by atoms with Crippen LogP contribution in [0.15, 0.2) is 54.6 Å². The zero-order valence-electron chi connectivity index (χ0n) is 10.1. The predicted molar refractivity (Wildman–Crippen MR) is 75.7 cm³/mol. The van der Waals surface area contributed by atoms with Crippen molar-refractivity contribution in [2.24, 2.45) is 0 Å². The van der Waals surface area contributed by atoms with E-state index in [0.717, 1.165) is 0 Å². The van der Waals surface area contributed by atoms with Crippen LogP contribution in [0, 0.1) is 6.92 Å². The van der Waals surface area contributed by atoms with Gasteiger partial charge in [-0.1, -0.05) is 36.4 Å². The summed E-state index contributed by atoms with van der Waals surface area (Å²) < 4.78 is 0. The van der Waals surface area contributed by atoms with Crippen molar-refractivity contribution < 1.29 is 0 Å². The van der Waals surface area contributed by atoms with Crippen molar-refractivity contribution in [2.75, 3.05) is 13.3 Å². The van der Waals surface area contributed by atoms with Crippen LogP contribution in [0.25, 0.3) is 0 Å². The third kappa shape index (κ3) is 2.03. The Kier molecular flexibility index (Phi) is 3.12. The van der Waals surface area contributed by atoms with Gasteiger partial charge in [0.1, 0.15) is 5.30 Å². The Hall–Kier alpha value is -1.13. The zero-order valence-corrected chi connectivity index (χ0v) is 11.0. The molecule has 0 atom stereocenters. The first-order valence-electron chi connectivity index (χ1n) is 5.58. The highest BCUT2D eigenvalue weighted by atomic mass is 31.2. The monoisotopic (exact) mass is 229 g/mol. The molecule has 0 heterocycles. The van der Waals surface area contributed by atoms with E-state index in [1.165, 1.54) is 16.2 Å². The van der Waals surface area contributed by atoms with Crippen molar-refractivity contribution in [3.05, 3.63) is 60.2 Å². The van der Waals surface area contributed by atoms with Gasteiger partial charge in [-0.3, -0.25) is 0 Å². The molecule has 0 radical (unpaired) electrons. The van der Waals surface area contributed by atoms with E-state index in [1.807, 2.05) is 0 Å². The molecule has 0 fully saturated rings. The van der Waals surface area contributed by atoms with Gasteiger partial charge in [0.2, 0.25) is 0 Å². The van der Waals surface area contributed by atoms with Crippen LogP contribution in [0.3, 0.4) is 0 Å². The molecule has 0 nitrogen and oxygen atoms in total. The number of rotatable bonds is 2. The molecular formula is C15H18P+. The second-order valence-corrected chi connectivity index (χ2v) is 8.48. The molecular weight excluding hydrogens is 211 g/mol. The summed E-state index contributed by atoms with van der Waals surface area (Å²) in [6.45, 7) is 7.00. The molecule has 16 heavy (non-hydrogen) atoms. The largest absolute Gasteiger partial charge is 0.101 e. The first kappa shape index (κ1) is 11.4. The second-order valence-electron chi connectivity index (χ2n) is 4.58. The van der Waals surface area contributed by atoms with Crippen LogP contribution in [0.1, 0.15) is 5.56 Å². The summed E-state index contributed by atoms with van der Waals surface area (Å²) in [5.41, 5.74) is 1.41. The van der Waals surface area contributed by atoms with Crippen molar-refractivity contribution in [3.8, 4) is 0 Å². The SMILES string of the molecule is Cc1ccccc1[P+](C)(C)c1ccccc1. The molecule has 0 aliphatic carbocycles. The van der Waals surface area contributed by atoms with E-state index >= 15 is 0 Å². The molecule has 0 unspecified atom stereocenters. The first-order chi connectivity index (χ1) is 7.62. The molecule has 0 spiro atoms. The topological polar surface area (TPSA) is 0 Å². The summed E-state index contributed by atoms with van der Waals surface area (Å²) in [6.07, 6.45) is 0. The van der Waals surface area contributed by atoms with Gasteiger partial charge in [0.15, 0.2) is 0 Å². The predicted octanol–water partition coefficient (Wildman–Crippen LogP) is 3.22. The number of hydrogen-bond acceptors (Lipinski definition) is 0. The summed E-state index contributed by atoms with van der Waals surface area (Å²) in [5.74, 6) is 0. The summed E-state index contributed by atoms with van der Waals surface area (Å²) >= 11 is 0. The molecule has 0 aromatic heterocycles. The van der Waals surface area contributed by atoms with Gasteiger partial charge in [0.25, 0.3) is 0 Å². The van der Waals surface area contributed by atoms with E-state index in [9.17, 15) is 0 Å². The van der Waals surface area contributed by atoms with E-state index < -0.39 is 7.26 Å². The third-order valence-electron chi connectivity index (χ3n) is 3.12. The van der Waals surface area contributed by atoms with Gasteiger partial charge in [0, 0.05) is 0 Å². The van der Waals surface area contributed by atoms with Gasteiger partial charge in [0.05, 0.1) is 25.9 Å². The maximum atomic E-state index is 2.39. The molecule has 0 N–H and O–H groups in total. The minimum atomic E-state index is -1.18. The summed E-state index contributed by atoms with van der Waals surface area (Å²) in [6, 6.07) is 19.6. The Morgan fingerprint density at radius 2 is 1.31 bits per heavy atom. The van der Waals surface area contributed by atoms with Crippen molar-refractivity contribution in [2.45, 2.75) is 6.92 Å². The molecule has 2 aromatic carbocycles. The average Bonchev–Trinajstić information content (AvgIpc) is 2.30. The number of benzene rings is 2. The fraction of sp³-hybridized carbons (Fsp3) is 0.200. The number of hydrogen-bond donors (Lipinski definition) is 0. The van der Waals surface area contributed by atoms with E-state index in [0.29, 0.717) is 0 Å². The smallest absolute Gasteiger partial charge is 0.0620 e. The van der Waals surface area contributed by atoms with Crippen molar-refractivity contribution in [3.63, 3.8) is 0 Å². The van der Waals surface area contributed by atoms with Gasteiger partial charge in [-0.2, -0.15) is 0 Å². The standard InChI is InChI=1S/C15H18P/c1-13-9-7-8-12-15(13)16(2,3)14-10-5-4-6-11-14/h4-12H,1-3H3/q+1. The van der Waals surface area contributed by atoms with Crippen LogP contribution in [-0.4, -0.2) is 13.3 Å². The van der Waals surface area contributed by atoms with Crippen LogP contribution in [0.5, 0.6) is 0 Å². The summed E-state index contributed by atoms with van der Waals surface area (Å²) in [7, 11) is -1.18. The lowest BCUT2D eigenvalue weighted by Gasteiger charge is -2.19. The van der Waals surface area contributed by atoms with Gasteiger partial charge >= 0.3 is 0 Å². The molecule has 0 saturated heterocycles. The molecule has 2 aromatic rings. The Morgan fingerprint density at radius 1 is 0.750 bits per heavy atom. The van der Waals surface area contributed by atoms with E-state index in [4.69, 9.17) is 0 Å². The molecule has 2 rings (SSSR count). The fourth-order valence-corrected chi connectivity index (χ4v) is 4.74. The highest BCUT2D eigenvalue weighted by Gasteiger charge is 2.32. The zero-order chi connectivity index (χ0) is 11.6. The van der Waals surface area contributed by atoms with Gasteiger partial charge in [-0.05, 0) is 30.7 Å². The quantitative estimate of drug-likeness (QED) is 0.694. The Bertz CT molecular complexity index is 472. The lowest BCUT2D eigenvalue weighted by Crippen LogP contribution is -2.22. The van der Waals surface area contributed by atoms with Gasteiger partial charge < -0.3 is 0 Å². The van der Waals surface area contributed by atoms with Crippen LogP contribution < -0.4 is 10.6 Å². The molecule has 1 heteroatoms. The average molecular weight is 229 g/mol. The lowest BCUT2D eigenvalue weighted by atomic mass is 10.2. The van der Waals surface area contributed by atoms with Crippen molar-refractivity contribution >= 4 is 17.9 Å². The van der Waals surface area contributed by atoms with Crippen LogP contribution in [0.2, 0.25) is 0 Å². The molecule has 0 bridgehead atoms. The van der Waals surface area contributed by atoms with Crippen molar-refractivity contribution in [1.29, 1.82) is 0 Å². The van der Waals surface area contributed by atoms with E-state index in [2.05, 4.69) is 74.9 Å². The second kappa shape index (κ2) is 4.39. The summed E-state index contributed by atoms with van der Waals surface area (Å²) in [5, 5.41) is 2.99. The maximum Gasteiger partial charge on any atom is 0.101 e. The molecule has 0 aliphatic rings. The van der Waals surface area contributed by atoms with Gasteiger partial charge in [-0.15, -0.1) is 0 Å². The third-order valence-corrected chi connectivity index (χ3v) is 6.41. The Balaban J connectivity index is 2.51. The van der Waals surface area contributed by atoms with Crippen LogP contribution >= 0.6 is 7.26 Å². The molecule has 0 saturated carbocycles. The fourth-order valence-electron chi connectivity index (χ4n) is 2.13. The highest BCUT2D eigenvalue weighted by Crippen LogP contribution is 2.48. The normalized spacial score (nSPS) is 11.4. The molecule has 0 amide bonds. The van der Waals surface area contributed by atoms with E-state index in [-0.39, 0.29) is 0 Å². The minimum absolute atomic E-state index is 1.18. The van der Waals surface area contributed by atoms with E-state index in [1.54, 1.807) is 0 Å². The van der Waals surface area contributed by atoms with Crippen molar-refractivity contribution in [1.82, 2.24) is 0 Å². The minimum Gasteiger partial charge on any atom is -0.0620 e. The maximum absolute atomic E-state index is 2.39. The first-order valence-corrected chi connectivity index (χ1v) is 8.26. The van der Waals surface area contributed by atoms with Crippen LogP contribution in [0.4, 0.5) is 0 Å². The summed E-state index contributed by atoms with van der Waals surface area (Å²) in [4.78, 5) is 0. The Labute approximate surface area is 98.7 Å². The molecule has 82 valence electrons. The van der Waals surface area contributed by atoms with Crippen LogP contribution in [-0.2, 0) is 0 Å². The Morgan fingerprint density at radius 3 is 1.94 bits per heavy atom. The highest BCUT2D eigenvalue weighted by molar-refractivity contribution is 7.88. The molecule has 0 aliphatic heterocycles. The number of aryl methyl sites for hydroxylation is 1. The van der Waals surface area contributed by atoms with Gasteiger partial charge in [-0.25, -0.2) is 0 Å². The lowest BCUT2D eigenvalue weighted by molar-refractivity contribution is 1.51.